The van der Waals surface area contributed by atoms with E-state index >= 15 is 0 Å². The molecule has 1 rings (SSSR count). The van der Waals surface area contributed by atoms with Crippen LogP contribution in [-0.2, 0) is 10.2 Å². The van der Waals surface area contributed by atoms with Gasteiger partial charge in [-0.05, 0) is 28.1 Å². The van der Waals surface area contributed by atoms with E-state index in [1.165, 1.54) is 19.2 Å². The lowest BCUT2D eigenvalue weighted by atomic mass is 9.81. The van der Waals surface area contributed by atoms with Crippen LogP contribution in [0.15, 0.2) is 16.6 Å². The standard InChI is InChI=1S/C12H14BrFO3/c1-12(2,6-10(15)16)8-4-7(14)5-9(13)11(8)17-3/h4-5H,6H2,1-3H3,(H,15,16). The van der Waals surface area contributed by atoms with E-state index in [0.29, 0.717) is 15.8 Å². The molecule has 94 valence electrons. The fraction of sp³-hybridized carbons (Fsp3) is 0.417. The van der Waals surface area contributed by atoms with Crippen LogP contribution in [0.2, 0.25) is 0 Å². The molecule has 0 saturated heterocycles. The fourth-order valence-electron chi connectivity index (χ4n) is 1.74. The van der Waals surface area contributed by atoms with Crippen molar-refractivity contribution < 1.29 is 19.0 Å². The molecule has 1 aromatic rings. The molecule has 5 heteroatoms. The number of carboxylic acids is 1. The van der Waals surface area contributed by atoms with Crippen LogP contribution in [0.3, 0.4) is 0 Å². The quantitative estimate of drug-likeness (QED) is 0.928. The van der Waals surface area contributed by atoms with Crippen molar-refractivity contribution >= 4 is 21.9 Å². The number of ether oxygens (including phenoxy) is 1. The van der Waals surface area contributed by atoms with Gasteiger partial charge >= 0.3 is 5.97 Å². The Morgan fingerprint density at radius 1 is 1.53 bits per heavy atom. The van der Waals surface area contributed by atoms with E-state index in [0.717, 1.165) is 0 Å². The van der Waals surface area contributed by atoms with E-state index in [2.05, 4.69) is 15.9 Å². The Morgan fingerprint density at radius 2 is 2.12 bits per heavy atom. The van der Waals surface area contributed by atoms with E-state index in [-0.39, 0.29) is 6.42 Å². The number of halogens is 2. The first-order valence-corrected chi connectivity index (χ1v) is 5.82. The summed E-state index contributed by atoms with van der Waals surface area (Å²) in [5.41, 5.74) is -0.170. The number of aliphatic carboxylic acids is 1. The highest BCUT2D eigenvalue weighted by Gasteiger charge is 2.29. The molecular formula is C12H14BrFO3. The summed E-state index contributed by atoms with van der Waals surface area (Å²) in [7, 11) is 1.47. The average Bonchev–Trinajstić information content (AvgIpc) is 2.14. The minimum Gasteiger partial charge on any atom is -0.495 e. The molecule has 0 aliphatic carbocycles. The molecule has 0 bridgehead atoms. The molecule has 0 aliphatic heterocycles. The van der Waals surface area contributed by atoms with E-state index in [1.807, 2.05) is 0 Å². The highest BCUT2D eigenvalue weighted by atomic mass is 79.9. The van der Waals surface area contributed by atoms with Gasteiger partial charge in [-0.2, -0.15) is 0 Å². The number of rotatable bonds is 4. The summed E-state index contributed by atoms with van der Waals surface area (Å²) in [6.45, 7) is 3.48. The smallest absolute Gasteiger partial charge is 0.304 e. The van der Waals surface area contributed by atoms with Gasteiger partial charge in [0.05, 0.1) is 18.0 Å². The Balaban J connectivity index is 3.33. The number of carboxylic acid groups (broad SMARTS) is 1. The maximum Gasteiger partial charge on any atom is 0.304 e. The molecule has 1 aromatic carbocycles. The maximum atomic E-state index is 13.4. The zero-order valence-electron chi connectivity index (χ0n) is 9.88. The van der Waals surface area contributed by atoms with Gasteiger partial charge in [-0.15, -0.1) is 0 Å². The average molecular weight is 305 g/mol. The first-order valence-electron chi connectivity index (χ1n) is 5.03. The van der Waals surface area contributed by atoms with Crippen LogP contribution in [0, 0.1) is 5.82 Å². The Morgan fingerprint density at radius 3 is 2.59 bits per heavy atom. The Hall–Kier alpha value is -1.10. The molecule has 1 N–H and O–H groups in total. The second-order valence-corrected chi connectivity index (χ2v) is 5.28. The normalized spacial score (nSPS) is 11.4. The minimum absolute atomic E-state index is 0.0980. The minimum atomic E-state index is -0.933. The number of methoxy groups -OCH3 is 1. The van der Waals surface area contributed by atoms with Gasteiger partial charge in [0.25, 0.3) is 0 Å². The molecule has 0 amide bonds. The van der Waals surface area contributed by atoms with Crippen molar-refractivity contribution in [2.45, 2.75) is 25.7 Å². The number of benzene rings is 1. The summed E-state index contributed by atoms with van der Waals surface area (Å²) in [6.07, 6.45) is -0.0980. The largest absolute Gasteiger partial charge is 0.495 e. The third kappa shape index (κ3) is 3.19. The van der Waals surface area contributed by atoms with Crippen LogP contribution in [-0.4, -0.2) is 18.2 Å². The van der Waals surface area contributed by atoms with E-state index in [9.17, 15) is 9.18 Å². The topological polar surface area (TPSA) is 46.5 Å². The summed E-state index contributed by atoms with van der Waals surface area (Å²) in [6, 6.07) is 2.60. The highest BCUT2D eigenvalue weighted by molar-refractivity contribution is 9.10. The summed E-state index contributed by atoms with van der Waals surface area (Å²) >= 11 is 3.20. The molecule has 17 heavy (non-hydrogen) atoms. The number of hydrogen-bond acceptors (Lipinski definition) is 2. The molecular weight excluding hydrogens is 291 g/mol. The molecule has 0 unspecified atom stereocenters. The third-order valence-corrected chi connectivity index (χ3v) is 3.12. The second-order valence-electron chi connectivity index (χ2n) is 4.42. The lowest BCUT2D eigenvalue weighted by molar-refractivity contribution is -0.138. The first kappa shape index (κ1) is 14.0. The van der Waals surface area contributed by atoms with Crippen molar-refractivity contribution in [2.75, 3.05) is 7.11 Å². The van der Waals surface area contributed by atoms with Gasteiger partial charge in [-0.3, -0.25) is 4.79 Å². The lowest BCUT2D eigenvalue weighted by Gasteiger charge is -2.26. The van der Waals surface area contributed by atoms with Crippen molar-refractivity contribution in [3.63, 3.8) is 0 Å². The Bertz CT molecular complexity index is 444. The van der Waals surface area contributed by atoms with Crippen molar-refractivity contribution in [2.24, 2.45) is 0 Å². The molecule has 3 nitrogen and oxygen atoms in total. The van der Waals surface area contributed by atoms with Gasteiger partial charge in [0.15, 0.2) is 0 Å². The van der Waals surface area contributed by atoms with Gasteiger partial charge < -0.3 is 9.84 Å². The van der Waals surface area contributed by atoms with Crippen LogP contribution >= 0.6 is 15.9 Å². The van der Waals surface area contributed by atoms with E-state index in [4.69, 9.17) is 9.84 Å². The van der Waals surface area contributed by atoms with Gasteiger partial charge in [0, 0.05) is 11.0 Å². The summed E-state index contributed by atoms with van der Waals surface area (Å²) in [4.78, 5) is 10.8. The van der Waals surface area contributed by atoms with E-state index in [1.54, 1.807) is 13.8 Å². The molecule has 0 saturated carbocycles. The van der Waals surface area contributed by atoms with Crippen molar-refractivity contribution in [3.8, 4) is 5.75 Å². The van der Waals surface area contributed by atoms with Gasteiger partial charge in [0.1, 0.15) is 11.6 Å². The predicted molar refractivity (Wildman–Crippen MR) is 65.9 cm³/mol. The number of hydrogen-bond donors (Lipinski definition) is 1. The predicted octanol–water partition coefficient (Wildman–Crippen LogP) is 3.35. The molecule has 0 atom stereocenters. The van der Waals surface area contributed by atoms with Gasteiger partial charge in [0.2, 0.25) is 0 Å². The molecule has 0 heterocycles. The van der Waals surface area contributed by atoms with Crippen molar-refractivity contribution in [3.05, 3.63) is 28.0 Å². The summed E-state index contributed by atoms with van der Waals surface area (Å²) < 4.78 is 19.1. The zero-order chi connectivity index (χ0) is 13.2. The zero-order valence-corrected chi connectivity index (χ0v) is 11.5. The molecule has 0 fully saturated rings. The van der Waals surface area contributed by atoms with Crippen LogP contribution < -0.4 is 4.74 Å². The van der Waals surface area contributed by atoms with Crippen molar-refractivity contribution in [1.29, 1.82) is 0 Å². The summed E-state index contributed by atoms with van der Waals surface area (Å²) in [5, 5.41) is 8.87. The van der Waals surface area contributed by atoms with Crippen molar-refractivity contribution in [1.82, 2.24) is 0 Å². The molecule has 0 spiro atoms. The van der Waals surface area contributed by atoms with Gasteiger partial charge in [-0.25, -0.2) is 4.39 Å². The second kappa shape index (κ2) is 5.04. The lowest BCUT2D eigenvalue weighted by Crippen LogP contribution is -2.22. The van der Waals surface area contributed by atoms with Crippen LogP contribution in [0.4, 0.5) is 4.39 Å². The van der Waals surface area contributed by atoms with Crippen LogP contribution in [0.1, 0.15) is 25.8 Å². The first-order chi connectivity index (χ1) is 7.77. The number of carbonyl (C=O) groups is 1. The fourth-order valence-corrected chi connectivity index (χ4v) is 2.34. The Kier molecular flexibility index (Phi) is 4.14. The molecule has 0 aromatic heterocycles. The van der Waals surface area contributed by atoms with Crippen LogP contribution in [0.5, 0.6) is 5.75 Å². The molecule has 0 radical (unpaired) electrons. The van der Waals surface area contributed by atoms with Gasteiger partial charge in [-0.1, -0.05) is 13.8 Å². The van der Waals surface area contributed by atoms with Crippen LogP contribution in [0.25, 0.3) is 0 Å². The summed E-state index contributed by atoms with van der Waals surface area (Å²) in [5.74, 6) is -0.888. The van der Waals surface area contributed by atoms with E-state index < -0.39 is 17.2 Å². The third-order valence-electron chi connectivity index (χ3n) is 2.53. The SMILES string of the molecule is COc1c(Br)cc(F)cc1C(C)(C)CC(=O)O. The highest BCUT2D eigenvalue weighted by Crippen LogP contribution is 2.39. The molecule has 0 aliphatic rings. The maximum absolute atomic E-state index is 13.4. The Labute approximate surface area is 108 Å². The monoisotopic (exact) mass is 304 g/mol.